The van der Waals surface area contributed by atoms with Crippen molar-refractivity contribution in [2.24, 2.45) is 5.92 Å². The number of hydrogen-bond donors (Lipinski definition) is 1. The number of alkyl halides is 2. The van der Waals surface area contributed by atoms with E-state index in [9.17, 15) is 8.78 Å². The second-order valence-electron chi connectivity index (χ2n) is 8.31. The molecular formula is C23H24ClF2N3O. The number of hydrogen-bond acceptors (Lipinski definition) is 4. The first-order chi connectivity index (χ1) is 14.3. The third kappa shape index (κ3) is 4.40. The van der Waals surface area contributed by atoms with Crippen molar-refractivity contribution in [3.05, 3.63) is 53.3 Å². The zero-order chi connectivity index (χ0) is 21.3. The lowest BCUT2D eigenvalue weighted by molar-refractivity contribution is 0.119. The molecular weight excluding hydrogens is 408 g/mol. The van der Waals surface area contributed by atoms with Crippen LogP contribution >= 0.6 is 11.6 Å². The average Bonchev–Trinajstić information content (AvgIpc) is 2.71. The van der Waals surface area contributed by atoms with Crippen LogP contribution in [0.3, 0.4) is 0 Å². The van der Waals surface area contributed by atoms with Crippen LogP contribution in [-0.4, -0.2) is 28.7 Å². The SMILES string of the molecule is CC1CCNC(C)(COc2ncc(-c3ccnc4cc(Cl)ccc34)cc2C(F)F)C1. The zero-order valence-corrected chi connectivity index (χ0v) is 17.7. The smallest absolute Gasteiger partial charge is 0.269 e. The van der Waals surface area contributed by atoms with Gasteiger partial charge in [-0.05, 0) is 62.1 Å². The quantitative estimate of drug-likeness (QED) is 0.534. The van der Waals surface area contributed by atoms with Crippen LogP contribution in [-0.2, 0) is 0 Å². The highest BCUT2D eigenvalue weighted by molar-refractivity contribution is 6.31. The fourth-order valence-corrected chi connectivity index (χ4v) is 4.33. The van der Waals surface area contributed by atoms with Crippen molar-refractivity contribution in [2.75, 3.05) is 13.2 Å². The summed E-state index contributed by atoms with van der Waals surface area (Å²) >= 11 is 6.05. The van der Waals surface area contributed by atoms with Crippen LogP contribution in [0, 0.1) is 5.92 Å². The zero-order valence-electron chi connectivity index (χ0n) is 17.0. The van der Waals surface area contributed by atoms with Crippen molar-refractivity contribution in [1.82, 2.24) is 15.3 Å². The van der Waals surface area contributed by atoms with Crippen LogP contribution in [0.25, 0.3) is 22.0 Å². The van der Waals surface area contributed by atoms with Gasteiger partial charge in [0, 0.05) is 33.9 Å². The number of fused-ring (bicyclic) bond motifs is 1. The van der Waals surface area contributed by atoms with Gasteiger partial charge in [-0.15, -0.1) is 0 Å². The Kier molecular flexibility index (Phi) is 5.89. The Balaban J connectivity index is 1.64. The molecule has 3 aromatic rings. The molecule has 0 bridgehead atoms. The van der Waals surface area contributed by atoms with Gasteiger partial charge in [-0.1, -0.05) is 24.6 Å². The van der Waals surface area contributed by atoms with E-state index < -0.39 is 6.43 Å². The molecule has 4 nitrogen and oxygen atoms in total. The van der Waals surface area contributed by atoms with Gasteiger partial charge in [0.25, 0.3) is 6.43 Å². The lowest BCUT2D eigenvalue weighted by atomic mass is 9.85. The van der Waals surface area contributed by atoms with Crippen LogP contribution in [0.2, 0.25) is 5.02 Å². The Bertz CT molecular complexity index is 1060. The van der Waals surface area contributed by atoms with Crippen molar-refractivity contribution in [3.63, 3.8) is 0 Å². The normalized spacial score (nSPS) is 21.9. The Morgan fingerprint density at radius 3 is 2.87 bits per heavy atom. The summed E-state index contributed by atoms with van der Waals surface area (Å²) < 4.78 is 33.5. The van der Waals surface area contributed by atoms with E-state index in [0.717, 1.165) is 30.3 Å². The number of ether oxygens (including phenoxy) is 1. The van der Waals surface area contributed by atoms with Crippen LogP contribution in [0.1, 0.15) is 38.7 Å². The van der Waals surface area contributed by atoms with Gasteiger partial charge in [0.1, 0.15) is 6.61 Å². The molecule has 0 spiro atoms. The molecule has 1 N–H and O–H groups in total. The number of aromatic nitrogens is 2. The first-order valence-corrected chi connectivity index (χ1v) is 10.4. The number of piperidine rings is 1. The topological polar surface area (TPSA) is 47.0 Å². The standard InChI is InChI=1S/C23H24ClF2N3O/c1-14-5-8-29-23(2,11-14)13-30-22-19(21(25)26)9-15(12-28-22)17-6-7-27-20-10-16(24)3-4-18(17)20/h3-4,6-7,9-10,12,14,21,29H,5,8,11,13H2,1-2H3. The van der Waals surface area contributed by atoms with Crippen molar-refractivity contribution < 1.29 is 13.5 Å². The fraction of sp³-hybridized carbons (Fsp3) is 0.391. The molecule has 30 heavy (non-hydrogen) atoms. The molecule has 1 aromatic carbocycles. The maximum absolute atomic E-state index is 13.8. The molecule has 2 unspecified atom stereocenters. The van der Waals surface area contributed by atoms with Crippen molar-refractivity contribution in [2.45, 2.75) is 38.7 Å². The second kappa shape index (κ2) is 8.44. The molecule has 0 amide bonds. The molecule has 0 aliphatic carbocycles. The van der Waals surface area contributed by atoms with Gasteiger partial charge >= 0.3 is 0 Å². The predicted octanol–water partition coefficient (Wildman–Crippen LogP) is 6.04. The van der Waals surface area contributed by atoms with Gasteiger partial charge in [-0.25, -0.2) is 13.8 Å². The molecule has 1 saturated heterocycles. The molecule has 2 atom stereocenters. The number of rotatable bonds is 5. The van der Waals surface area contributed by atoms with Gasteiger partial charge in [0.15, 0.2) is 0 Å². The molecule has 1 aliphatic rings. The number of nitrogens with zero attached hydrogens (tertiary/aromatic N) is 2. The third-order valence-corrected chi connectivity index (χ3v) is 5.88. The Morgan fingerprint density at radius 2 is 2.10 bits per heavy atom. The largest absolute Gasteiger partial charge is 0.475 e. The molecule has 2 aromatic heterocycles. The number of nitrogens with one attached hydrogen (secondary N) is 1. The lowest BCUT2D eigenvalue weighted by Crippen LogP contribution is -2.52. The van der Waals surface area contributed by atoms with E-state index in [1.54, 1.807) is 30.6 Å². The Labute approximate surface area is 179 Å². The molecule has 158 valence electrons. The van der Waals surface area contributed by atoms with Gasteiger partial charge in [-0.3, -0.25) is 4.98 Å². The predicted molar refractivity (Wildman–Crippen MR) is 115 cm³/mol. The Morgan fingerprint density at radius 1 is 1.27 bits per heavy atom. The number of pyridine rings is 2. The summed E-state index contributed by atoms with van der Waals surface area (Å²) in [5, 5.41) is 4.84. The van der Waals surface area contributed by atoms with Gasteiger partial charge in [0.05, 0.1) is 11.1 Å². The monoisotopic (exact) mass is 431 g/mol. The molecule has 0 saturated carbocycles. The highest BCUT2D eigenvalue weighted by Crippen LogP contribution is 2.35. The summed E-state index contributed by atoms with van der Waals surface area (Å²) in [5.74, 6) is 0.551. The summed E-state index contributed by atoms with van der Waals surface area (Å²) in [7, 11) is 0. The van der Waals surface area contributed by atoms with Crippen LogP contribution in [0.15, 0.2) is 42.7 Å². The molecule has 0 radical (unpaired) electrons. The maximum atomic E-state index is 13.8. The molecule has 1 aliphatic heterocycles. The van der Waals surface area contributed by atoms with Gasteiger partial charge in [-0.2, -0.15) is 0 Å². The maximum Gasteiger partial charge on any atom is 0.269 e. The summed E-state index contributed by atoms with van der Waals surface area (Å²) in [6, 6.07) is 8.58. The van der Waals surface area contributed by atoms with E-state index in [1.165, 1.54) is 6.07 Å². The number of halogens is 3. The summed E-state index contributed by atoms with van der Waals surface area (Å²) in [6.07, 6.45) is 2.55. The van der Waals surface area contributed by atoms with Crippen molar-refractivity contribution in [3.8, 4) is 17.0 Å². The van der Waals surface area contributed by atoms with E-state index in [1.807, 2.05) is 6.07 Å². The first kappa shape index (κ1) is 20.9. The van der Waals surface area contributed by atoms with E-state index >= 15 is 0 Å². The van der Waals surface area contributed by atoms with E-state index in [2.05, 4.69) is 29.1 Å². The minimum atomic E-state index is -2.69. The highest BCUT2D eigenvalue weighted by atomic mass is 35.5. The van der Waals surface area contributed by atoms with Gasteiger partial charge in [0.2, 0.25) is 5.88 Å². The fourth-order valence-electron chi connectivity index (χ4n) is 4.17. The van der Waals surface area contributed by atoms with E-state index in [4.69, 9.17) is 16.3 Å². The summed E-state index contributed by atoms with van der Waals surface area (Å²) in [4.78, 5) is 8.57. The van der Waals surface area contributed by atoms with Crippen molar-refractivity contribution >= 4 is 22.5 Å². The second-order valence-corrected chi connectivity index (χ2v) is 8.75. The van der Waals surface area contributed by atoms with Crippen molar-refractivity contribution in [1.29, 1.82) is 0 Å². The average molecular weight is 432 g/mol. The summed E-state index contributed by atoms with van der Waals surface area (Å²) in [5.41, 5.74) is 1.59. The summed E-state index contributed by atoms with van der Waals surface area (Å²) in [6.45, 7) is 5.45. The molecule has 3 heterocycles. The number of benzene rings is 1. The molecule has 1 fully saturated rings. The van der Waals surface area contributed by atoms with E-state index in [-0.39, 0.29) is 17.0 Å². The highest BCUT2D eigenvalue weighted by Gasteiger charge is 2.31. The van der Waals surface area contributed by atoms with E-state index in [0.29, 0.717) is 28.6 Å². The van der Waals surface area contributed by atoms with Crippen LogP contribution in [0.5, 0.6) is 5.88 Å². The third-order valence-electron chi connectivity index (χ3n) is 5.65. The van der Waals surface area contributed by atoms with Crippen LogP contribution < -0.4 is 10.1 Å². The minimum absolute atomic E-state index is 0.0172. The lowest BCUT2D eigenvalue weighted by Gasteiger charge is -2.37. The molecule has 4 rings (SSSR count). The Hall–Kier alpha value is -2.31. The molecule has 7 heteroatoms. The van der Waals surface area contributed by atoms with Crippen LogP contribution in [0.4, 0.5) is 8.78 Å². The first-order valence-electron chi connectivity index (χ1n) is 10.1. The minimum Gasteiger partial charge on any atom is -0.475 e. The van der Waals surface area contributed by atoms with Gasteiger partial charge < -0.3 is 10.1 Å².